The Morgan fingerprint density at radius 2 is 1.93 bits per heavy atom. The largest absolute Gasteiger partial charge is 0.342 e. The van der Waals surface area contributed by atoms with E-state index in [1.807, 2.05) is 0 Å². The number of unbranched alkanes of at least 4 members (excludes halogenated alkanes) is 2. The second-order valence-electron chi connectivity index (χ2n) is 3.97. The molecule has 1 heterocycles. The van der Waals surface area contributed by atoms with Gasteiger partial charge in [0.2, 0.25) is 0 Å². The molecule has 14 heavy (non-hydrogen) atoms. The lowest BCUT2D eigenvalue weighted by Gasteiger charge is -2.14. The van der Waals surface area contributed by atoms with Crippen molar-refractivity contribution in [2.45, 2.75) is 45.4 Å². The molecular weight excluding hydrogens is 196 g/mol. The van der Waals surface area contributed by atoms with Crippen LogP contribution in [0.3, 0.4) is 0 Å². The molecule has 0 radical (unpaired) electrons. The minimum absolute atomic E-state index is 0.862. The summed E-state index contributed by atoms with van der Waals surface area (Å²) in [5.41, 5.74) is 0. The van der Waals surface area contributed by atoms with E-state index in [1.54, 1.807) is 0 Å². The minimum Gasteiger partial charge on any atom is -0.264 e. The zero-order valence-corrected chi connectivity index (χ0v) is 9.95. The van der Waals surface area contributed by atoms with Crippen molar-refractivity contribution >= 4 is 16.9 Å². The Morgan fingerprint density at radius 1 is 1.21 bits per heavy atom. The van der Waals surface area contributed by atoms with Gasteiger partial charge in [0, 0.05) is 11.6 Å². The Morgan fingerprint density at radius 3 is 2.57 bits per heavy atom. The molecule has 82 valence electrons. The van der Waals surface area contributed by atoms with Crippen LogP contribution in [-0.2, 0) is 0 Å². The van der Waals surface area contributed by atoms with Crippen LogP contribution in [-0.4, -0.2) is 29.5 Å². The lowest BCUT2D eigenvalue weighted by molar-refractivity contribution is -0.536. The molecule has 0 spiro atoms. The molecule has 1 aliphatic heterocycles. The predicted molar refractivity (Wildman–Crippen MR) is 62.2 cm³/mol. The summed E-state index contributed by atoms with van der Waals surface area (Å²) in [4.78, 5) is 0. The lowest BCUT2D eigenvalue weighted by Crippen LogP contribution is -2.33. The maximum atomic E-state index is 6.17. The van der Waals surface area contributed by atoms with Crippen LogP contribution in [0.25, 0.3) is 0 Å². The van der Waals surface area contributed by atoms with Gasteiger partial charge in [-0.15, -0.1) is 0 Å². The van der Waals surface area contributed by atoms with Crippen molar-refractivity contribution < 1.29 is 4.58 Å². The van der Waals surface area contributed by atoms with Gasteiger partial charge in [-0.05, 0) is 32.1 Å². The lowest BCUT2D eigenvalue weighted by atomic mass is 10.2. The van der Waals surface area contributed by atoms with E-state index in [2.05, 4.69) is 16.8 Å². The first-order chi connectivity index (χ1) is 6.84. The SMILES string of the molecule is CCCCCNC(Cl)=[N+]1CCCCC1. The molecule has 1 aliphatic rings. The number of rotatable bonds is 4. The summed E-state index contributed by atoms with van der Waals surface area (Å²) in [6.07, 6.45) is 7.71. The fourth-order valence-corrected chi connectivity index (χ4v) is 2.03. The van der Waals surface area contributed by atoms with Crippen LogP contribution >= 0.6 is 11.6 Å². The van der Waals surface area contributed by atoms with Gasteiger partial charge in [0.25, 0.3) is 0 Å². The molecular formula is C11H22ClN2+. The van der Waals surface area contributed by atoms with Crippen LogP contribution in [0.15, 0.2) is 0 Å². The van der Waals surface area contributed by atoms with Crippen molar-refractivity contribution in [3.05, 3.63) is 0 Å². The molecule has 0 atom stereocenters. The molecule has 0 saturated carbocycles. The average molecular weight is 218 g/mol. The van der Waals surface area contributed by atoms with Crippen LogP contribution < -0.4 is 5.32 Å². The van der Waals surface area contributed by atoms with Crippen LogP contribution in [0.2, 0.25) is 0 Å². The fraction of sp³-hybridized carbons (Fsp3) is 0.909. The van der Waals surface area contributed by atoms with E-state index in [9.17, 15) is 0 Å². The maximum Gasteiger partial charge on any atom is 0.342 e. The van der Waals surface area contributed by atoms with Gasteiger partial charge < -0.3 is 0 Å². The first-order valence-electron chi connectivity index (χ1n) is 5.86. The maximum absolute atomic E-state index is 6.17. The number of hydrogen-bond donors (Lipinski definition) is 1. The summed E-state index contributed by atoms with van der Waals surface area (Å²) in [7, 11) is 0. The van der Waals surface area contributed by atoms with Crippen LogP contribution in [0.4, 0.5) is 0 Å². The van der Waals surface area contributed by atoms with E-state index in [0.717, 1.165) is 24.9 Å². The average Bonchev–Trinajstić information content (AvgIpc) is 2.25. The minimum atomic E-state index is 0.862. The highest BCUT2D eigenvalue weighted by atomic mass is 35.5. The summed E-state index contributed by atoms with van der Waals surface area (Å²) < 4.78 is 2.26. The molecule has 0 aromatic heterocycles. The number of amidine groups is 1. The van der Waals surface area contributed by atoms with E-state index in [1.165, 1.54) is 38.5 Å². The molecule has 0 aromatic rings. The zero-order valence-electron chi connectivity index (χ0n) is 9.19. The number of nitrogens with zero attached hydrogens (tertiary/aromatic N) is 1. The molecule has 0 amide bonds. The summed E-state index contributed by atoms with van der Waals surface area (Å²) >= 11 is 6.17. The second kappa shape index (κ2) is 7.10. The van der Waals surface area contributed by atoms with Gasteiger partial charge in [-0.2, -0.15) is 0 Å². The first kappa shape index (κ1) is 11.8. The topological polar surface area (TPSA) is 15.0 Å². The van der Waals surface area contributed by atoms with Gasteiger partial charge >= 0.3 is 5.29 Å². The summed E-state index contributed by atoms with van der Waals surface area (Å²) in [6.45, 7) is 5.48. The highest BCUT2D eigenvalue weighted by Crippen LogP contribution is 2.05. The van der Waals surface area contributed by atoms with Gasteiger partial charge in [-0.1, -0.05) is 13.3 Å². The van der Waals surface area contributed by atoms with Crippen molar-refractivity contribution in [3.63, 3.8) is 0 Å². The zero-order chi connectivity index (χ0) is 10.2. The summed E-state index contributed by atoms with van der Waals surface area (Å²) in [6, 6.07) is 0. The van der Waals surface area contributed by atoms with Crippen molar-refractivity contribution in [2.24, 2.45) is 0 Å². The summed E-state index contributed by atoms with van der Waals surface area (Å²) in [5.74, 6) is 0. The first-order valence-corrected chi connectivity index (χ1v) is 6.23. The smallest absolute Gasteiger partial charge is 0.264 e. The Balaban J connectivity index is 2.20. The quantitative estimate of drug-likeness (QED) is 0.331. The Kier molecular flexibility index (Phi) is 6.00. The predicted octanol–water partition coefficient (Wildman–Crippen LogP) is 2.56. The number of hydrogen-bond acceptors (Lipinski definition) is 0. The van der Waals surface area contributed by atoms with E-state index >= 15 is 0 Å². The van der Waals surface area contributed by atoms with Crippen LogP contribution in [0, 0.1) is 0 Å². The van der Waals surface area contributed by atoms with Crippen LogP contribution in [0.5, 0.6) is 0 Å². The molecule has 1 N–H and O–H groups in total. The standard InChI is InChI=1S/C11H21ClN2/c1-2-3-5-8-13-11(12)14-9-6-4-7-10-14/h2-10H2,1H3/p+1. The fourth-order valence-electron chi connectivity index (χ4n) is 1.77. The van der Waals surface area contributed by atoms with Crippen molar-refractivity contribution in [2.75, 3.05) is 19.6 Å². The Hall–Kier alpha value is -0.240. The molecule has 1 fully saturated rings. The van der Waals surface area contributed by atoms with Crippen molar-refractivity contribution in [3.8, 4) is 0 Å². The molecule has 3 heteroatoms. The van der Waals surface area contributed by atoms with E-state index in [-0.39, 0.29) is 0 Å². The van der Waals surface area contributed by atoms with Gasteiger partial charge in [0.15, 0.2) is 0 Å². The molecule has 1 saturated heterocycles. The van der Waals surface area contributed by atoms with Crippen molar-refractivity contribution in [1.29, 1.82) is 0 Å². The van der Waals surface area contributed by atoms with Gasteiger partial charge in [0.05, 0.1) is 19.6 Å². The van der Waals surface area contributed by atoms with Gasteiger partial charge in [-0.25, -0.2) is 0 Å². The number of piperidine rings is 1. The third kappa shape index (κ3) is 4.32. The monoisotopic (exact) mass is 217 g/mol. The normalized spacial score (nSPS) is 16.9. The van der Waals surface area contributed by atoms with Gasteiger partial charge in [-0.3, -0.25) is 9.89 Å². The number of halogens is 1. The molecule has 2 nitrogen and oxygen atoms in total. The molecule has 0 unspecified atom stereocenters. The van der Waals surface area contributed by atoms with E-state index < -0.39 is 0 Å². The van der Waals surface area contributed by atoms with E-state index in [4.69, 9.17) is 11.6 Å². The second-order valence-corrected chi connectivity index (χ2v) is 4.33. The number of nitrogens with one attached hydrogen (secondary N) is 1. The van der Waals surface area contributed by atoms with Crippen LogP contribution in [0.1, 0.15) is 45.4 Å². The molecule has 0 aromatic carbocycles. The Labute approximate surface area is 92.3 Å². The summed E-state index contributed by atoms with van der Waals surface area (Å²) in [5, 5.41) is 4.16. The highest BCUT2D eigenvalue weighted by molar-refractivity contribution is 6.63. The third-order valence-electron chi connectivity index (χ3n) is 2.68. The highest BCUT2D eigenvalue weighted by Gasteiger charge is 2.13. The van der Waals surface area contributed by atoms with Crippen molar-refractivity contribution in [1.82, 2.24) is 5.32 Å². The van der Waals surface area contributed by atoms with E-state index in [0.29, 0.717) is 0 Å². The Bertz CT molecular complexity index is 182. The molecule has 0 aliphatic carbocycles. The molecule has 0 bridgehead atoms. The molecule has 1 rings (SSSR count). The van der Waals surface area contributed by atoms with Gasteiger partial charge in [0.1, 0.15) is 0 Å². The third-order valence-corrected chi connectivity index (χ3v) is 3.06.